The quantitative estimate of drug-likeness (QED) is 0.519. The summed E-state index contributed by atoms with van der Waals surface area (Å²) in [4.78, 5) is 16.9. The summed E-state index contributed by atoms with van der Waals surface area (Å²) >= 11 is 0. The van der Waals surface area contributed by atoms with Crippen molar-refractivity contribution in [2.24, 2.45) is 4.99 Å². The van der Waals surface area contributed by atoms with Crippen LogP contribution < -0.4 is 16.0 Å². The van der Waals surface area contributed by atoms with Crippen molar-refractivity contribution in [3.63, 3.8) is 0 Å². The van der Waals surface area contributed by atoms with Crippen LogP contribution in [0.25, 0.3) is 0 Å². The molecule has 1 aromatic carbocycles. The highest BCUT2D eigenvalue weighted by atomic mass is 32.2. The van der Waals surface area contributed by atoms with E-state index < -0.39 is 9.84 Å². The maximum absolute atomic E-state index is 12.3. The third-order valence-corrected chi connectivity index (χ3v) is 5.78. The lowest BCUT2D eigenvalue weighted by Crippen LogP contribution is -2.44. The molecule has 1 aromatic rings. The molecule has 0 aliphatic carbocycles. The fourth-order valence-electron chi connectivity index (χ4n) is 2.82. The smallest absolute Gasteiger partial charge is 0.251 e. The minimum atomic E-state index is -2.94. The van der Waals surface area contributed by atoms with Crippen LogP contribution in [0.5, 0.6) is 0 Å². The molecule has 1 atom stereocenters. The number of nitrogens with zero attached hydrogens (tertiary/aromatic N) is 1. The summed E-state index contributed by atoms with van der Waals surface area (Å²) in [5.74, 6) is 0.827. The topological polar surface area (TPSA) is 99.7 Å². The van der Waals surface area contributed by atoms with E-state index in [-0.39, 0.29) is 29.0 Å². The van der Waals surface area contributed by atoms with Gasteiger partial charge >= 0.3 is 0 Å². The van der Waals surface area contributed by atoms with E-state index in [1.54, 1.807) is 6.07 Å². The van der Waals surface area contributed by atoms with Crippen LogP contribution in [0.2, 0.25) is 0 Å². The van der Waals surface area contributed by atoms with Gasteiger partial charge in [-0.1, -0.05) is 12.1 Å². The van der Waals surface area contributed by atoms with E-state index in [2.05, 4.69) is 20.9 Å². The first-order chi connectivity index (χ1) is 12.6. The molecule has 0 radical (unpaired) electrons. The minimum Gasteiger partial charge on any atom is -0.357 e. The number of carbonyl (C=O) groups is 1. The lowest BCUT2D eigenvalue weighted by molar-refractivity contribution is 0.0919. The summed E-state index contributed by atoms with van der Waals surface area (Å²) in [5, 5.41) is 9.28. The van der Waals surface area contributed by atoms with Gasteiger partial charge in [0.1, 0.15) is 0 Å². The van der Waals surface area contributed by atoms with Gasteiger partial charge in [-0.2, -0.15) is 0 Å². The standard InChI is InChI=1S/C19H30N4O3S/c1-5-20-18(22-16-9-10-27(25,26)13-16)21-12-14-7-6-8-15(11-14)17(24)23-19(2,3)4/h6-8,11,16H,5,9-10,12-13H2,1-4H3,(H,23,24)(H2,20,21,22). The van der Waals surface area contributed by atoms with Crippen molar-refractivity contribution < 1.29 is 13.2 Å². The van der Waals surface area contributed by atoms with Gasteiger partial charge < -0.3 is 16.0 Å². The molecule has 2 rings (SSSR count). The fourth-order valence-corrected chi connectivity index (χ4v) is 4.49. The van der Waals surface area contributed by atoms with Crippen molar-refractivity contribution in [3.8, 4) is 0 Å². The normalized spacial score (nSPS) is 19.6. The van der Waals surface area contributed by atoms with E-state index >= 15 is 0 Å². The van der Waals surface area contributed by atoms with E-state index in [9.17, 15) is 13.2 Å². The number of amides is 1. The zero-order valence-electron chi connectivity index (χ0n) is 16.5. The third kappa shape index (κ3) is 7.21. The summed E-state index contributed by atoms with van der Waals surface area (Å²) in [5.41, 5.74) is 1.21. The largest absolute Gasteiger partial charge is 0.357 e. The van der Waals surface area contributed by atoms with Crippen LogP contribution in [0, 0.1) is 0 Å². The Morgan fingerprint density at radius 2 is 2.04 bits per heavy atom. The highest BCUT2D eigenvalue weighted by molar-refractivity contribution is 7.91. The van der Waals surface area contributed by atoms with Gasteiger partial charge in [0.2, 0.25) is 0 Å². The molecule has 1 unspecified atom stereocenters. The minimum absolute atomic E-state index is 0.114. The molecule has 3 N–H and O–H groups in total. The summed E-state index contributed by atoms with van der Waals surface area (Å²) < 4.78 is 23.2. The molecule has 0 bridgehead atoms. The number of nitrogens with one attached hydrogen (secondary N) is 3. The Labute approximate surface area is 162 Å². The Morgan fingerprint density at radius 3 is 2.63 bits per heavy atom. The first-order valence-corrected chi connectivity index (χ1v) is 11.1. The summed E-state index contributed by atoms with van der Waals surface area (Å²) in [6.07, 6.45) is 0.592. The van der Waals surface area contributed by atoms with E-state index in [1.807, 2.05) is 45.9 Å². The van der Waals surface area contributed by atoms with Gasteiger partial charge in [-0.25, -0.2) is 13.4 Å². The van der Waals surface area contributed by atoms with E-state index in [0.717, 1.165) is 5.56 Å². The Balaban J connectivity index is 2.05. The molecule has 1 amide bonds. The summed E-state index contributed by atoms with van der Waals surface area (Å²) in [6, 6.07) is 7.25. The zero-order valence-corrected chi connectivity index (χ0v) is 17.3. The Bertz CT molecular complexity index is 797. The molecule has 150 valence electrons. The van der Waals surface area contributed by atoms with E-state index in [4.69, 9.17) is 0 Å². The highest BCUT2D eigenvalue weighted by Crippen LogP contribution is 2.12. The van der Waals surface area contributed by atoms with Crippen molar-refractivity contribution in [3.05, 3.63) is 35.4 Å². The molecule has 0 aromatic heterocycles. The third-order valence-electron chi connectivity index (χ3n) is 4.01. The van der Waals surface area contributed by atoms with Crippen LogP contribution >= 0.6 is 0 Å². The lowest BCUT2D eigenvalue weighted by Gasteiger charge is -2.20. The molecule has 0 spiro atoms. The average molecular weight is 395 g/mol. The van der Waals surface area contributed by atoms with Gasteiger partial charge in [0.15, 0.2) is 15.8 Å². The molecule has 1 aliphatic rings. The number of hydrogen-bond acceptors (Lipinski definition) is 4. The molecular formula is C19H30N4O3S. The molecule has 27 heavy (non-hydrogen) atoms. The van der Waals surface area contributed by atoms with Crippen LogP contribution in [0.1, 0.15) is 50.0 Å². The van der Waals surface area contributed by atoms with Gasteiger partial charge in [0, 0.05) is 23.7 Å². The Morgan fingerprint density at radius 1 is 1.30 bits per heavy atom. The second-order valence-electron chi connectivity index (χ2n) is 7.84. The number of carbonyl (C=O) groups excluding carboxylic acids is 1. The van der Waals surface area contributed by atoms with Gasteiger partial charge in [-0.05, 0) is 51.8 Å². The van der Waals surface area contributed by atoms with E-state index in [1.165, 1.54) is 0 Å². The summed E-state index contributed by atoms with van der Waals surface area (Å²) in [7, 11) is -2.94. The first kappa shape index (κ1) is 21.2. The maximum atomic E-state index is 12.3. The summed E-state index contributed by atoms with van der Waals surface area (Å²) in [6.45, 7) is 8.86. The van der Waals surface area contributed by atoms with Crippen molar-refractivity contribution in [2.75, 3.05) is 18.1 Å². The van der Waals surface area contributed by atoms with Gasteiger partial charge in [-0.3, -0.25) is 4.79 Å². The van der Waals surface area contributed by atoms with Crippen LogP contribution in [0.4, 0.5) is 0 Å². The highest BCUT2D eigenvalue weighted by Gasteiger charge is 2.28. The Hall–Kier alpha value is -2.09. The molecule has 1 aliphatic heterocycles. The second-order valence-corrected chi connectivity index (χ2v) is 10.1. The number of guanidine groups is 1. The zero-order chi connectivity index (χ0) is 20.1. The van der Waals surface area contributed by atoms with Crippen LogP contribution in [-0.2, 0) is 16.4 Å². The van der Waals surface area contributed by atoms with E-state index in [0.29, 0.717) is 31.0 Å². The predicted molar refractivity (Wildman–Crippen MR) is 109 cm³/mol. The van der Waals surface area contributed by atoms with Crippen molar-refractivity contribution >= 4 is 21.7 Å². The number of rotatable bonds is 5. The molecule has 1 saturated heterocycles. The Kier molecular flexibility index (Phi) is 6.86. The maximum Gasteiger partial charge on any atom is 0.251 e. The van der Waals surface area contributed by atoms with Crippen molar-refractivity contribution in [2.45, 2.75) is 52.2 Å². The van der Waals surface area contributed by atoms with Gasteiger partial charge in [0.25, 0.3) is 5.91 Å². The molecule has 1 heterocycles. The van der Waals surface area contributed by atoms with Crippen LogP contribution in [0.3, 0.4) is 0 Å². The predicted octanol–water partition coefficient (Wildman–Crippen LogP) is 1.46. The number of aliphatic imine (C=N–C) groups is 1. The number of benzene rings is 1. The number of sulfone groups is 1. The SMILES string of the molecule is CCNC(=NCc1cccc(C(=O)NC(C)(C)C)c1)NC1CCS(=O)(=O)C1. The van der Waals surface area contributed by atoms with Crippen molar-refractivity contribution in [1.29, 1.82) is 0 Å². The van der Waals surface area contributed by atoms with Crippen molar-refractivity contribution in [1.82, 2.24) is 16.0 Å². The average Bonchev–Trinajstić information content (AvgIpc) is 2.90. The molecule has 0 saturated carbocycles. The molecule has 8 heteroatoms. The van der Waals surface area contributed by atoms with Crippen LogP contribution in [0.15, 0.2) is 29.3 Å². The lowest BCUT2D eigenvalue weighted by atomic mass is 10.1. The monoisotopic (exact) mass is 394 g/mol. The second kappa shape index (κ2) is 8.73. The van der Waals surface area contributed by atoms with Gasteiger partial charge in [0.05, 0.1) is 18.1 Å². The van der Waals surface area contributed by atoms with Crippen LogP contribution in [-0.4, -0.2) is 49.9 Å². The molecular weight excluding hydrogens is 364 g/mol. The number of hydrogen-bond donors (Lipinski definition) is 3. The first-order valence-electron chi connectivity index (χ1n) is 9.25. The molecule has 1 fully saturated rings. The fraction of sp³-hybridized carbons (Fsp3) is 0.579. The molecule has 7 nitrogen and oxygen atoms in total. The van der Waals surface area contributed by atoms with Gasteiger partial charge in [-0.15, -0.1) is 0 Å².